The number of amidine groups is 1. The predicted octanol–water partition coefficient (Wildman–Crippen LogP) is 1.35. The molecule has 0 aromatic heterocycles. The first kappa shape index (κ1) is 11.9. The molecular weight excluding hydrogens is 204 g/mol. The molecule has 4 heteroatoms. The lowest BCUT2D eigenvalue weighted by Gasteiger charge is -2.23. The first-order chi connectivity index (χ1) is 7.58. The molecule has 0 spiro atoms. The zero-order valence-corrected chi connectivity index (χ0v) is 10.5. The van der Waals surface area contributed by atoms with Crippen LogP contribution in [-0.2, 0) is 9.47 Å². The van der Waals surface area contributed by atoms with Gasteiger partial charge >= 0.3 is 0 Å². The van der Waals surface area contributed by atoms with Gasteiger partial charge < -0.3 is 14.8 Å². The minimum atomic E-state index is 0.0581. The lowest BCUT2D eigenvalue weighted by atomic mass is 9.99. The molecular formula is C12H22N2O2. The highest BCUT2D eigenvalue weighted by Crippen LogP contribution is 2.18. The van der Waals surface area contributed by atoms with Crippen molar-refractivity contribution in [3.8, 4) is 0 Å². The van der Waals surface area contributed by atoms with Gasteiger partial charge in [0.2, 0.25) is 0 Å². The number of aliphatic imine (C=N–C) groups is 1. The molecule has 1 saturated heterocycles. The quantitative estimate of drug-likeness (QED) is 0.787. The maximum Gasteiger partial charge on any atom is 0.123 e. The first-order valence-electron chi connectivity index (χ1n) is 6.12. The highest BCUT2D eigenvalue weighted by Gasteiger charge is 2.32. The fraction of sp³-hybridized carbons (Fsp3) is 0.917. The minimum Gasteiger partial charge on any atom is -0.376 e. The third-order valence-corrected chi connectivity index (χ3v) is 3.43. The molecule has 1 fully saturated rings. The number of hydrogen-bond acceptors (Lipinski definition) is 4. The summed E-state index contributed by atoms with van der Waals surface area (Å²) in [6.07, 6.45) is 2.59. The van der Waals surface area contributed by atoms with Crippen molar-refractivity contribution in [3.05, 3.63) is 0 Å². The molecule has 2 aliphatic heterocycles. The third kappa shape index (κ3) is 2.74. The second-order valence-electron chi connectivity index (χ2n) is 5.25. The molecule has 2 aliphatic rings. The average molecular weight is 226 g/mol. The van der Waals surface area contributed by atoms with Crippen LogP contribution in [0.3, 0.4) is 0 Å². The van der Waals surface area contributed by atoms with Crippen molar-refractivity contribution >= 4 is 5.84 Å². The summed E-state index contributed by atoms with van der Waals surface area (Å²) in [7, 11) is 0. The molecule has 2 rings (SSSR count). The molecule has 92 valence electrons. The molecule has 1 unspecified atom stereocenters. The van der Waals surface area contributed by atoms with Crippen LogP contribution in [-0.4, -0.2) is 43.3 Å². The SMILES string of the molecule is C[C@H]1N=C(COCC2CCCO2)NC1(C)C. The second kappa shape index (κ2) is 4.72. The summed E-state index contributed by atoms with van der Waals surface area (Å²) in [5.74, 6) is 0.968. The second-order valence-corrected chi connectivity index (χ2v) is 5.25. The van der Waals surface area contributed by atoms with Crippen LogP contribution in [0.25, 0.3) is 0 Å². The largest absolute Gasteiger partial charge is 0.376 e. The molecule has 0 saturated carbocycles. The first-order valence-corrected chi connectivity index (χ1v) is 6.12. The molecule has 1 N–H and O–H groups in total. The van der Waals surface area contributed by atoms with Gasteiger partial charge in [-0.2, -0.15) is 0 Å². The molecule has 2 atom stereocenters. The van der Waals surface area contributed by atoms with Gasteiger partial charge in [-0.1, -0.05) is 0 Å². The van der Waals surface area contributed by atoms with Gasteiger partial charge in [0.15, 0.2) is 0 Å². The van der Waals surface area contributed by atoms with Crippen LogP contribution in [0.15, 0.2) is 4.99 Å². The number of nitrogens with one attached hydrogen (secondary N) is 1. The van der Waals surface area contributed by atoms with E-state index >= 15 is 0 Å². The Morgan fingerprint density at radius 3 is 2.94 bits per heavy atom. The maximum absolute atomic E-state index is 5.62. The Kier molecular flexibility index (Phi) is 3.50. The normalized spacial score (nSPS) is 32.6. The van der Waals surface area contributed by atoms with Crippen LogP contribution in [0.4, 0.5) is 0 Å². The van der Waals surface area contributed by atoms with Gasteiger partial charge in [0.1, 0.15) is 12.4 Å². The highest BCUT2D eigenvalue weighted by atomic mass is 16.5. The molecule has 0 amide bonds. The third-order valence-electron chi connectivity index (χ3n) is 3.43. The molecule has 0 radical (unpaired) electrons. The van der Waals surface area contributed by atoms with E-state index in [0.29, 0.717) is 25.4 Å². The lowest BCUT2D eigenvalue weighted by Crippen LogP contribution is -2.44. The molecule has 0 aromatic rings. The van der Waals surface area contributed by atoms with E-state index in [0.717, 1.165) is 25.3 Å². The van der Waals surface area contributed by atoms with Crippen LogP contribution in [0, 0.1) is 0 Å². The van der Waals surface area contributed by atoms with Crippen molar-refractivity contribution in [1.82, 2.24) is 5.32 Å². The lowest BCUT2D eigenvalue weighted by molar-refractivity contribution is 0.0293. The molecule has 0 aromatic carbocycles. The Morgan fingerprint density at radius 1 is 1.56 bits per heavy atom. The summed E-state index contributed by atoms with van der Waals surface area (Å²) in [6.45, 7) is 8.60. The van der Waals surface area contributed by atoms with Crippen molar-refractivity contribution in [1.29, 1.82) is 0 Å². The Morgan fingerprint density at radius 2 is 2.38 bits per heavy atom. The average Bonchev–Trinajstić information content (AvgIpc) is 2.76. The number of rotatable bonds is 4. The minimum absolute atomic E-state index is 0.0581. The van der Waals surface area contributed by atoms with E-state index in [1.807, 2.05) is 0 Å². The van der Waals surface area contributed by atoms with Crippen molar-refractivity contribution in [2.45, 2.75) is 51.3 Å². The zero-order valence-electron chi connectivity index (χ0n) is 10.5. The summed E-state index contributed by atoms with van der Waals surface area (Å²) >= 11 is 0. The fourth-order valence-electron chi connectivity index (χ4n) is 2.04. The van der Waals surface area contributed by atoms with E-state index in [-0.39, 0.29) is 5.54 Å². The van der Waals surface area contributed by atoms with E-state index in [1.54, 1.807) is 0 Å². The smallest absolute Gasteiger partial charge is 0.123 e. The number of hydrogen-bond donors (Lipinski definition) is 1. The van der Waals surface area contributed by atoms with Crippen molar-refractivity contribution in [3.63, 3.8) is 0 Å². The summed E-state index contributed by atoms with van der Waals surface area (Å²) < 4.78 is 11.1. The molecule has 0 aliphatic carbocycles. The van der Waals surface area contributed by atoms with E-state index < -0.39 is 0 Å². The van der Waals surface area contributed by atoms with Crippen molar-refractivity contribution in [2.24, 2.45) is 4.99 Å². The van der Waals surface area contributed by atoms with E-state index in [4.69, 9.17) is 9.47 Å². The summed E-state index contributed by atoms with van der Waals surface area (Å²) in [5.41, 5.74) is 0.0581. The monoisotopic (exact) mass is 226 g/mol. The van der Waals surface area contributed by atoms with Crippen LogP contribution in [0.2, 0.25) is 0 Å². The zero-order chi connectivity index (χ0) is 11.6. The van der Waals surface area contributed by atoms with E-state index in [2.05, 4.69) is 31.1 Å². The Balaban J connectivity index is 1.69. The molecule has 0 bridgehead atoms. The predicted molar refractivity (Wildman–Crippen MR) is 63.9 cm³/mol. The van der Waals surface area contributed by atoms with Crippen LogP contribution in [0.5, 0.6) is 0 Å². The number of nitrogens with zero attached hydrogens (tertiary/aromatic N) is 1. The van der Waals surface area contributed by atoms with Gasteiger partial charge in [-0.3, -0.25) is 4.99 Å². The van der Waals surface area contributed by atoms with Crippen molar-refractivity contribution < 1.29 is 9.47 Å². The summed E-state index contributed by atoms with van der Waals surface area (Å²) in [4.78, 5) is 4.55. The maximum atomic E-state index is 5.62. The topological polar surface area (TPSA) is 42.9 Å². The molecule has 16 heavy (non-hydrogen) atoms. The van der Waals surface area contributed by atoms with Crippen LogP contribution < -0.4 is 5.32 Å². The van der Waals surface area contributed by atoms with Gasteiger partial charge in [-0.25, -0.2) is 0 Å². The highest BCUT2D eigenvalue weighted by molar-refractivity contribution is 5.86. The summed E-state index contributed by atoms with van der Waals surface area (Å²) in [5, 5.41) is 3.39. The molecule has 4 nitrogen and oxygen atoms in total. The van der Waals surface area contributed by atoms with Crippen LogP contribution in [0.1, 0.15) is 33.6 Å². The Labute approximate surface area is 97.4 Å². The van der Waals surface area contributed by atoms with E-state index in [1.165, 1.54) is 0 Å². The van der Waals surface area contributed by atoms with Gasteiger partial charge in [-0.05, 0) is 33.6 Å². The number of ether oxygens (including phenoxy) is 2. The van der Waals surface area contributed by atoms with Gasteiger partial charge in [-0.15, -0.1) is 0 Å². The Hall–Kier alpha value is -0.610. The van der Waals surface area contributed by atoms with E-state index in [9.17, 15) is 0 Å². The van der Waals surface area contributed by atoms with Crippen molar-refractivity contribution in [2.75, 3.05) is 19.8 Å². The summed E-state index contributed by atoms with van der Waals surface area (Å²) in [6, 6.07) is 0.314. The van der Waals surface area contributed by atoms with Gasteiger partial charge in [0.25, 0.3) is 0 Å². The fourth-order valence-corrected chi connectivity index (χ4v) is 2.04. The molecule has 2 heterocycles. The standard InChI is InChI=1S/C12H22N2O2/c1-9-12(2,3)14-11(13-9)8-15-7-10-5-4-6-16-10/h9-10H,4-8H2,1-3H3,(H,13,14)/t9-,10?/m1/s1. The Bertz CT molecular complexity index is 270. The van der Waals surface area contributed by atoms with Gasteiger partial charge in [0, 0.05) is 6.61 Å². The van der Waals surface area contributed by atoms with Gasteiger partial charge in [0.05, 0.1) is 24.3 Å². The van der Waals surface area contributed by atoms with Crippen LogP contribution >= 0.6 is 0 Å².